The number of fused-ring (bicyclic) bond motifs is 1. The summed E-state index contributed by atoms with van der Waals surface area (Å²) < 4.78 is 5.63. The van der Waals surface area contributed by atoms with Crippen molar-refractivity contribution in [1.82, 2.24) is 0 Å². The summed E-state index contributed by atoms with van der Waals surface area (Å²) in [6.45, 7) is 6.42. The summed E-state index contributed by atoms with van der Waals surface area (Å²) in [4.78, 5) is 24.4. The number of carbonyl (C=O) groups excluding carboxylic acids is 1. The lowest BCUT2D eigenvalue weighted by Gasteiger charge is -2.60. The number of carboxylic acids is 1. The van der Waals surface area contributed by atoms with Gasteiger partial charge in [0.1, 0.15) is 11.7 Å². The number of aliphatic hydroxyl groups excluding tert-OH is 3. The molecule has 6 atom stereocenters. The maximum Gasteiger partial charge on any atom is 0.334 e. The number of carbonyl (C=O) groups is 2. The van der Waals surface area contributed by atoms with Crippen LogP contribution in [0.1, 0.15) is 47.0 Å². The lowest BCUT2D eigenvalue weighted by Crippen LogP contribution is -2.65. The number of aliphatic hydroxyl groups is 4. The lowest BCUT2D eigenvalue weighted by molar-refractivity contribution is -0.199. The second kappa shape index (κ2) is 9.24. The van der Waals surface area contributed by atoms with Crippen LogP contribution >= 0.6 is 0 Å². The van der Waals surface area contributed by atoms with E-state index in [1.54, 1.807) is 6.92 Å². The number of esters is 1. The summed E-state index contributed by atoms with van der Waals surface area (Å²) in [5.41, 5.74) is -3.72. The molecule has 0 aromatic carbocycles. The highest BCUT2D eigenvalue weighted by Gasteiger charge is 2.64. The quantitative estimate of drug-likeness (QED) is 0.227. The second-order valence-corrected chi connectivity index (χ2v) is 9.52. The average Bonchev–Trinajstić information content (AvgIpc) is 2.66. The predicted octanol–water partition coefficient (Wildman–Crippen LogP) is 1.33. The zero-order valence-corrected chi connectivity index (χ0v) is 18.5. The molecule has 31 heavy (non-hydrogen) atoms. The molecule has 2 aliphatic rings. The fourth-order valence-electron chi connectivity index (χ4n) is 5.32. The predicted molar refractivity (Wildman–Crippen MR) is 113 cm³/mol. The first-order chi connectivity index (χ1) is 14.3. The van der Waals surface area contributed by atoms with E-state index in [0.717, 1.165) is 18.9 Å². The molecule has 0 saturated heterocycles. The number of ether oxygens (including phenoxy) is 1. The zero-order valence-electron chi connectivity index (χ0n) is 18.5. The van der Waals surface area contributed by atoms with E-state index in [2.05, 4.69) is 0 Å². The molecule has 0 amide bonds. The number of aliphatic carboxylic acids is 1. The summed E-state index contributed by atoms with van der Waals surface area (Å²) >= 11 is 0. The van der Waals surface area contributed by atoms with Gasteiger partial charge in [-0.25, -0.2) is 9.59 Å². The molecule has 0 aromatic rings. The fourth-order valence-corrected chi connectivity index (χ4v) is 5.32. The summed E-state index contributed by atoms with van der Waals surface area (Å²) in [6.07, 6.45) is 5.56. The van der Waals surface area contributed by atoms with Gasteiger partial charge in [-0.2, -0.15) is 0 Å². The fraction of sp³-hybridized carbons (Fsp3) is 0.652. The van der Waals surface area contributed by atoms with Crippen molar-refractivity contribution >= 4 is 11.9 Å². The summed E-state index contributed by atoms with van der Waals surface area (Å²) in [7, 11) is 0. The van der Waals surface area contributed by atoms with E-state index in [9.17, 15) is 35.1 Å². The molecule has 8 nitrogen and oxygen atoms in total. The van der Waals surface area contributed by atoms with E-state index in [1.807, 2.05) is 13.8 Å². The smallest absolute Gasteiger partial charge is 0.334 e. The summed E-state index contributed by atoms with van der Waals surface area (Å²) in [5, 5.41) is 49.8. The monoisotopic (exact) mass is 438 g/mol. The van der Waals surface area contributed by atoms with Crippen LogP contribution in [0.15, 0.2) is 36.0 Å². The largest absolute Gasteiger partial charge is 0.478 e. The first-order valence-corrected chi connectivity index (χ1v) is 10.5. The van der Waals surface area contributed by atoms with Crippen LogP contribution in [0.5, 0.6) is 0 Å². The molecule has 0 aliphatic heterocycles. The van der Waals surface area contributed by atoms with Crippen LogP contribution in [-0.2, 0) is 14.3 Å². The lowest BCUT2D eigenvalue weighted by atomic mass is 9.46. The minimum Gasteiger partial charge on any atom is -0.478 e. The van der Waals surface area contributed by atoms with Crippen molar-refractivity contribution in [3.05, 3.63) is 36.0 Å². The Morgan fingerprint density at radius 1 is 1.23 bits per heavy atom. The molecule has 0 spiro atoms. The van der Waals surface area contributed by atoms with Gasteiger partial charge < -0.3 is 30.3 Å². The molecule has 0 bridgehead atoms. The van der Waals surface area contributed by atoms with Crippen LogP contribution in [-0.4, -0.2) is 68.0 Å². The number of hydrogen-bond donors (Lipinski definition) is 5. The number of carboxylic acid groups (broad SMARTS) is 1. The van der Waals surface area contributed by atoms with Crippen LogP contribution in [0.4, 0.5) is 0 Å². The van der Waals surface area contributed by atoms with Crippen LogP contribution in [0, 0.1) is 16.7 Å². The Bertz CT molecular complexity index is 780. The van der Waals surface area contributed by atoms with E-state index in [-0.39, 0.29) is 11.0 Å². The van der Waals surface area contributed by atoms with Gasteiger partial charge in [-0.15, -0.1) is 0 Å². The van der Waals surface area contributed by atoms with Crippen LogP contribution < -0.4 is 0 Å². The SMILES string of the molecule is CC(O)C(O)/C=C/C=C/C(=O)O[C@@H]1C=C(C(=O)O)[C@](O)(CO)[C@@]2(C)CCCC(C)(C)[C@H]12. The van der Waals surface area contributed by atoms with Gasteiger partial charge >= 0.3 is 11.9 Å². The van der Waals surface area contributed by atoms with Gasteiger partial charge in [0.2, 0.25) is 0 Å². The first-order valence-electron chi connectivity index (χ1n) is 10.5. The third-order valence-corrected chi connectivity index (χ3v) is 6.95. The Kier molecular flexibility index (Phi) is 7.53. The van der Waals surface area contributed by atoms with Crippen molar-refractivity contribution in [3.8, 4) is 0 Å². The van der Waals surface area contributed by atoms with Gasteiger partial charge in [-0.1, -0.05) is 45.4 Å². The molecule has 0 aromatic heterocycles. The normalized spacial score (nSPS) is 34.8. The maximum absolute atomic E-state index is 12.4. The van der Waals surface area contributed by atoms with E-state index in [0.29, 0.717) is 6.42 Å². The summed E-state index contributed by atoms with van der Waals surface area (Å²) in [6, 6.07) is 0. The molecular weight excluding hydrogens is 404 g/mol. The van der Waals surface area contributed by atoms with Crippen molar-refractivity contribution in [2.45, 2.75) is 70.9 Å². The molecule has 5 N–H and O–H groups in total. The topological polar surface area (TPSA) is 145 Å². The molecule has 0 radical (unpaired) electrons. The maximum atomic E-state index is 12.4. The number of rotatable bonds is 7. The highest BCUT2D eigenvalue weighted by Crippen LogP contribution is 2.61. The summed E-state index contributed by atoms with van der Waals surface area (Å²) in [5.74, 6) is -2.49. The van der Waals surface area contributed by atoms with Crippen molar-refractivity contribution in [1.29, 1.82) is 0 Å². The average molecular weight is 439 g/mol. The minimum atomic E-state index is -1.96. The Balaban J connectivity index is 2.38. The standard InChI is InChI=1S/C23H34O8/c1-14(25)16(26)8-5-6-9-18(27)31-17-12-15(20(28)29)23(30,13-24)22(4)11-7-10-21(2,3)19(17)22/h5-6,8-9,12,14,16-17,19,24-26,30H,7,10-11,13H2,1-4H3,(H,28,29)/b8-5+,9-6+/t14?,16?,17-,19+,22+,23-/m1/s1. The highest BCUT2D eigenvalue weighted by molar-refractivity contribution is 5.90. The molecule has 2 unspecified atom stereocenters. The van der Waals surface area contributed by atoms with E-state index < -0.39 is 53.8 Å². The van der Waals surface area contributed by atoms with Gasteiger partial charge in [-0.05, 0) is 31.3 Å². The van der Waals surface area contributed by atoms with Crippen molar-refractivity contribution in [2.75, 3.05) is 6.61 Å². The molecule has 1 saturated carbocycles. The highest BCUT2D eigenvalue weighted by atomic mass is 16.5. The van der Waals surface area contributed by atoms with Gasteiger partial charge in [0.25, 0.3) is 0 Å². The Morgan fingerprint density at radius 2 is 1.87 bits per heavy atom. The van der Waals surface area contributed by atoms with Gasteiger partial charge in [-0.3, -0.25) is 0 Å². The van der Waals surface area contributed by atoms with Gasteiger partial charge in [0.15, 0.2) is 0 Å². The minimum absolute atomic E-state index is 0.367. The van der Waals surface area contributed by atoms with Crippen molar-refractivity contribution in [3.63, 3.8) is 0 Å². The molecular formula is C23H34O8. The Hall–Kier alpha value is -2.00. The van der Waals surface area contributed by atoms with E-state index in [4.69, 9.17) is 4.74 Å². The van der Waals surface area contributed by atoms with Crippen LogP contribution in [0.25, 0.3) is 0 Å². The Labute approximate surface area is 182 Å². The van der Waals surface area contributed by atoms with Crippen molar-refractivity contribution in [2.24, 2.45) is 16.7 Å². The molecule has 1 fully saturated rings. The molecule has 8 heteroatoms. The van der Waals surface area contributed by atoms with Gasteiger partial charge in [0.05, 0.1) is 24.4 Å². The van der Waals surface area contributed by atoms with Crippen molar-refractivity contribution < 1.29 is 39.9 Å². The third-order valence-electron chi connectivity index (χ3n) is 6.95. The molecule has 2 aliphatic carbocycles. The Morgan fingerprint density at radius 3 is 2.42 bits per heavy atom. The number of allylic oxidation sites excluding steroid dienone is 2. The van der Waals surface area contributed by atoms with Crippen LogP contribution in [0.2, 0.25) is 0 Å². The zero-order chi connectivity index (χ0) is 23.6. The number of hydrogen-bond acceptors (Lipinski definition) is 7. The second-order valence-electron chi connectivity index (χ2n) is 9.52. The van der Waals surface area contributed by atoms with E-state index in [1.165, 1.54) is 31.2 Å². The molecule has 2 rings (SSSR count). The third kappa shape index (κ3) is 4.77. The molecule has 0 heterocycles. The first kappa shape index (κ1) is 25.3. The molecule has 174 valence electrons. The van der Waals surface area contributed by atoms with Crippen LogP contribution in [0.3, 0.4) is 0 Å². The van der Waals surface area contributed by atoms with Gasteiger partial charge in [0, 0.05) is 17.4 Å². The van der Waals surface area contributed by atoms with E-state index >= 15 is 0 Å².